The Morgan fingerprint density at radius 1 is 1.09 bits per heavy atom. The van der Waals surface area contributed by atoms with E-state index in [4.69, 9.17) is 0 Å². The maximum atomic E-state index is 14.8. The lowest BCUT2D eigenvalue weighted by atomic mass is 9.78. The SMILES string of the molecule is Cc1ccc(F)c2c1NC(C(=O)N[C@@H]1CCC[C@H](N3CCN4C(=O)CC[C@@H]4C3)C1)(C1CCCC1)C2. The third kappa shape index (κ3) is 4.04. The molecule has 1 aromatic rings. The molecule has 6 nitrogen and oxygen atoms in total. The number of fused-ring (bicyclic) bond motifs is 2. The highest BCUT2D eigenvalue weighted by molar-refractivity contribution is 5.93. The highest BCUT2D eigenvalue weighted by atomic mass is 19.1. The third-order valence-electron chi connectivity index (χ3n) is 9.75. The lowest BCUT2D eigenvalue weighted by Gasteiger charge is -2.45. The molecule has 0 spiro atoms. The molecule has 35 heavy (non-hydrogen) atoms. The predicted molar refractivity (Wildman–Crippen MR) is 134 cm³/mol. The number of nitrogens with one attached hydrogen (secondary N) is 2. The molecule has 1 unspecified atom stereocenters. The van der Waals surface area contributed by atoms with Crippen molar-refractivity contribution < 1.29 is 14.0 Å². The molecule has 7 heteroatoms. The van der Waals surface area contributed by atoms with E-state index in [0.717, 1.165) is 88.7 Å². The van der Waals surface area contributed by atoms with Gasteiger partial charge in [0.1, 0.15) is 11.4 Å². The van der Waals surface area contributed by atoms with Crippen molar-refractivity contribution in [3.05, 3.63) is 29.1 Å². The van der Waals surface area contributed by atoms with Crippen molar-refractivity contribution in [1.82, 2.24) is 15.1 Å². The van der Waals surface area contributed by atoms with Crippen molar-refractivity contribution >= 4 is 17.5 Å². The molecule has 3 heterocycles. The minimum Gasteiger partial charge on any atom is -0.370 e. The summed E-state index contributed by atoms with van der Waals surface area (Å²) in [6.07, 6.45) is 10.7. The van der Waals surface area contributed by atoms with Crippen LogP contribution in [0.4, 0.5) is 10.1 Å². The zero-order valence-electron chi connectivity index (χ0n) is 21.0. The summed E-state index contributed by atoms with van der Waals surface area (Å²) in [5, 5.41) is 7.05. The second-order valence-electron chi connectivity index (χ2n) is 11.7. The Bertz CT molecular complexity index is 976. The summed E-state index contributed by atoms with van der Waals surface area (Å²) in [5.41, 5.74) is 1.78. The Hall–Kier alpha value is -2.15. The minimum atomic E-state index is -0.742. The topological polar surface area (TPSA) is 64.7 Å². The number of piperazine rings is 1. The number of nitrogens with zero attached hydrogens (tertiary/aromatic N) is 2. The quantitative estimate of drug-likeness (QED) is 0.686. The zero-order chi connectivity index (χ0) is 24.2. The fourth-order valence-corrected chi connectivity index (χ4v) is 7.78. The summed E-state index contributed by atoms with van der Waals surface area (Å²) in [6, 6.07) is 4.34. The number of carbonyl (C=O) groups excluding carboxylic acids is 2. The Morgan fingerprint density at radius 2 is 1.91 bits per heavy atom. The maximum absolute atomic E-state index is 14.8. The number of hydrogen-bond donors (Lipinski definition) is 2. The fraction of sp³-hybridized carbons (Fsp3) is 0.714. The number of benzene rings is 1. The van der Waals surface area contributed by atoms with Crippen LogP contribution in [-0.2, 0) is 16.0 Å². The summed E-state index contributed by atoms with van der Waals surface area (Å²) in [5.74, 6) is 0.419. The first kappa shape index (κ1) is 23.3. The molecule has 0 bridgehead atoms. The molecule has 2 saturated carbocycles. The molecule has 1 aromatic carbocycles. The van der Waals surface area contributed by atoms with E-state index in [-0.39, 0.29) is 23.7 Å². The second kappa shape index (κ2) is 9.06. The van der Waals surface area contributed by atoms with Crippen LogP contribution in [0, 0.1) is 18.7 Å². The lowest BCUT2D eigenvalue weighted by Crippen LogP contribution is -2.60. The van der Waals surface area contributed by atoms with E-state index in [1.54, 1.807) is 6.07 Å². The van der Waals surface area contributed by atoms with Crippen LogP contribution in [0.15, 0.2) is 12.1 Å². The fourth-order valence-electron chi connectivity index (χ4n) is 7.78. The van der Waals surface area contributed by atoms with Gasteiger partial charge in [0.05, 0.1) is 0 Å². The third-order valence-corrected chi connectivity index (χ3v) is 9.75. The molecule has 2 amide bonds. The summed E-state index contributed by atoms with van der Waals surface area (Å²) < 4.78 is 14.8. The molecule has 4 fully saturated rings. The van der Waals surface area contributed by atoms with Gasteiger partial charge in [0, 0.05) is 61.9 Å². The molecule has 6 rings (SSSR count). The maximum Gasteiger partial charge on any atom is 0.246 e. The van der Waals surface area contributed by atoms with E-state index >= 15 is 0 Å². The average molecular weight is 483 g/mol. The van der Waals surface area contributed by atoms with Gasteiger partial charge < -0.3 is 15.5 Å². The van der Waals surface area contributed by atoms with E-state index < -0.39 is 5.54 Å². The van der Waals surface area contributed by atoms with Crippen LogP contribution in [0.25, 0.3) is 0 Å². The smallest absolute Gasteiger partial charge is 0.246 e. The van der Waals surface area contributed by atoms with Gasteiger partial charge >= 0.3 is 0 Å². The largest absolute Gasteiger partial charge is 0.370 e. The van der Waals surface area contributed by atoms with Crippen molar-refractivity contribution in [2.45, 2.75) is 101 Å². The van der Waals surface area contributed by atoms with Crippen molar-refractivity contribution in [2.24, 2.45) is 5.92 Å². The average Bonchev–Trinajstić information content (AvgIpc) is 3.61. The van der Waals surface area contributed by atoms with Gasteiger partial charge in [-0.1, -0.05) is 18.9 Å². The van der Waals surface area contributed by atoms with Crippen LogP contribution in [0.1, 0.15) is 75.3 Å². The van der Waals surface area contributed by atoms with Gasteiger partial charge in [0.2, 0.25) is 11.8 Å². The van der Waals surface area contributed by atoms with Crippen LogP contribution < -0.4 is 10.6 Å². The first-order chi connectivity index (χ1) is 16.9. The van der Waals surface area contributed by atoms with E-state index in [9.17, 15) is 14.0 Å². The Kier molecular flexibility index (Phi) is 6.02. The van der Waals surface area contributed by atoms with Gasteiger partial charge in [-0.05, 0) is 69.4 Å². The monoisotopic (exact) mass is 482 g/mol. The first-order valence-electron chi connectivity index (χ1n) is 13.9. The number of amides is 2. The molecule has 2 N–H and O–H groups in total. The Labute approximate surface area is 208 Å². The zero-order valence-corrected chi connectivity index (χ0v) is 21.0. The van der Waals surface area contributed by atoms with E-state index in [2.05, 4.69) is 20.4 Å². The number of halogens is 1. The predicted octanol–water partition coefficient (Wildman–Crippen LogP) is 3.77. The summed E-state index contributed by atoms with van der Waals surface area (Å²) in [4.78, 5) is 30.8. The molecule has 2 aliphatic carbocycles. The number of hydrogen-bond acceptors (Lipinski definition) is 4. The molecule has 190 valence electrons. The second-order valence-corrected chi connectivity index (χ2v) is 11.7. The molecular formula is C28H39FN4O2. The molecule has 0 aromatic heterocycles. The summed E-state index contributed by atoms with van der Waals surface area (Å²) in [7, 11) is 0. The number of rotatable bonds is 4. The molecule has 2 saturated heterocycles. The molecule has 5 aliphatic rings. The normalized spacial score (nSPS) is 33.5. The van der Waals surface area contributed by atoms with Crippen LogP contribution in [0.5, 0.6) is 0 Å². The molecule has 4 atom stereocenters. The van der Waals surface area contributed by atoms with Gasteiger partial charge in [-0.25, -0.2) is 4.39 Å². The van der Waals surface area contributed by atoms with Crippen LogP contribution in [0.3, 0.4) is 0 Å². The Balaban J connectivity index is 1.16. The van der Waals surface area contributed by atoms with E-state index in [1.807, 2.05) is 13.0 Å². The number of carbonyl (C=O) groups is 2. The molecule has 3 aliphatic heterocycles. The Morgan fingerprint density at radius 3 is 2.71 bits per heavy atom. The van der Waals surface area contributed by atoms with Gasteiger partial charge in [-0.15, -0.1) is 0 Å². The first-order valence-corrected chi connectivity index (χ1v) is 13.9. The van der Waals surface area contributed by atoms with Gasteiger partial charge in [-0.3, -0.25) is 14.5 Å². The van der Waals surface area contributed by atoms with Crippen molar-refractivity contribution in [3.63, 3.8) is 0 Å². The number of anilines is 1. The summed E-state index contributed by atoms with van der Waals surface area (Å²) >= 11 is 0. The van der Waals surface area contributed by atoms with Crippen LogP contribution >= 0.6 is 0 Å². The highest BCUT2D eigenvalue weighted by Crippen LogP contribution is 2.46. The van der Waals surface area contributed by atoms with Gasteiger partial charge in [-0.2, -0.15) is 0 Å². The molecular weight excluding hydrogens is 443 g/mol. The van der Waals surface area contributed by atoms with E-state index in [1.165, 1.54) is 0 Å². The standard InChI is InChI=1S/C28H39FN4O2/c1-18-9-11-24(29)23-16-28(31-26(18)23,19-5-2-3-6-19)27(35)30-20-7-4-8-21(15-20)32-13-14-33-22(17-32)10-12-25(33)34/h9,11,19-22,31H,2-8,10,12-17H2,1H3,(H,30,35)/t20-,21+,22-,28?/m1/s1. The van der Waals surface area contributed by atoms with Crippen molar-refractivity contribution in [3.8, 4) is 0 Å². The summed E-state index contributed by atoms with van der Waals surface area (Å²) in [6.45, 7) is 4.75. The molecule has 0 radical (unpaired) electrons. The van der Waals surface area contributed by atoms with Gasteiger partial charge in [0.25, 0.3) is 0 Å². The number of aryl methyl sites for hydroxylation is 1. The van der Waals surface area contributed by atoms with Gasteiger partial charge in [0.15, 0.2) is 0 Å². The minimum absolute atomic E-state index is 0.0660. The van der Waals surface area contributed by atoms with Crippen LogP contribution in [-0.4, -0.2) is 64.9 Å². The highest BCUT2D eigenvalue weighted by Gasteiger charge is 2.52. The van der Waals surface area contributed by atoms with Crippen molar-refractivity contribution in [2.75, 3.05) is 25.0 Å². The van der Waals surface area contributed by atoms with E-state index in [0.29, 0.717) is 36.4 Å². The van der Waals surface area contributed by atoms with Crippen LogP contribution in [0.2, 0.25) is 0 Å². The lowest BCUT2D eigenvalue weighted by molar-refractivity contribution is -0.131. The van der Waals surface area contributed by atoms with Crippen molar-refractivity contribution in [1.29, 1.82) is 0 Å².